The summed E-state index contributed by atoms with van der Waals surface area (Å²) in [5, 5.41) is 0. The van der Waals surface area contributed by atoms with E-state index in [0.717, 1.165) is 0 Å². The zero-order valence-electron chi connectivity index (χ0n) is 9.19. The second-order valence-corrected chi connectivity index (χ2v) is 3.46. The average Bonchev–Trinajstić information content (AvgIpc) is 2.60. The number of carbonyl (C=O) groups excluding carboxylic acids is 2. The molecular formula is C10H17NO4. The Kier molecular flexibility index (Phi) is 4.55. The highest BCUT2D eigenvalue weighted by molar-refractivity contribution is 5.86. The van der Waals surface area contributed by atoms with Crippen LogP contribution in [-0.2, 0) is 19.1 Å². The van der Waals surface area contributed by atoms with E-state index in [0.29, 0.717) is 26.3 Å². The number of hydrogen-bond acceptors (Lipinski definition) is 4. The lowest BCUT2D eigenvalue weighted by atomic mass is 10.1. The van der Waals surface area contributed by atoms with Gasteiger partial charge in [-0.05, 0) is 6.92 Å². The highest BCUT2D eigenvalue weighted by Gasteiger charge is 2.34. The van der Waals surface area contributed by atoms with Gasteiger partial charge in [-0.2, -0.15) is 0 Å². The Balaban J connectivity index is 2.35. The third-order valence-electron chi connectivity index (χ3n) is 2.46. The Morgan fingerprint density at radius 2 is 2.33 bits per heavy atom. The molecule has 1 amide bonds. The Bertz CT molecular complexity index is 242. The Hall–Kier alpha value is -1.10. The van der Waals surface area contributed by atoms with Gasteiger partial charge in [0.05, 0.1) is 19.6 Å². The maximum Gasteiger partial charge on any atom is 0.310 e. The van der Waals surface area contributed by atoms with Crippen molar-refractivity contribution in [3.63, 3.8) is 0 Å². The van der Waals surface area contributed by atoms with E-state index in [9.17, 15) is 9.59 Å². The number of likely N-dealkylation sites (tertiary alicyclic amines) is 1. The van der Waals surface area contributed by atoms with Gasteiger partial charge in [0.15, 0.2) is 0 Å². The molecule has 86 valence electrons. The molecule has 0 N–H and O–H groups in total. The van der Waals surface area contributed by atoms with Crippen LogP contribution in [0, 0.1) is 5.92 Å². The number of methoxy groups -OCH3 is 1. The molecule has 5 heteroatoms. The van der Waals surface area contributed by atoms with Gasteiger partial charge in [-0.15, -0.1) is 0 Å². The van der Waals surface area contributed by atoms with Crippen LogP contribution in [0.2, 0.25) is 0 Å². The molecule has 0 aliphatic carbocycles. The predicted molar refractivity (Wildman–Crippen MR) is 53.2 cm³/mol. The number of hydrogen-bond donors (Lipinski definition) is 0. The van der Waals surface area contributed by atoms with Gasteiger partial charge < -0.3 is 14.4 Å². The summed E-state index contributed by atoms with van der Waals surface area (Å²) in [4.78, 5) is 24.3. The van der Waals surface area contributed by atoms with Crippen LogP contribution in [0.4, 0.5) is 0 Å². The summed E-state index contributed by atoms with van der Waals surface area (Å²) in [6, 6.07) is 0. The summed E-state index contributed by atoms with van der Waals surface area (Å²) >= 11 is 0. The summed E-state index contributed by atoms with van der Waals surface area (Å²) in [7, 11) is 1.34. The van der Waals surface area contributed by atoms with Crippen LogP contribution in [0.1, 0.15) is 13.3 Å². The van der Waals surface area contributed by atoms with E-state index < -0.39 is 0 Å². The molecule has 1 saturated heterocycles. The number of nitrogens with zero attached hydrogens (tertiary/aromatic N) is 1. The number of amides is 1. The van der Waals surface area contributed by atoms with Crippen LogP contribution in [0.3, 0.4) is 0 Å². The first-order valence-corrected chi connectivity index (χ1v) is 5.12. The summed E-state index contributed by atoms with van der Waals surface area (Å²) in [5.74, 6) is -0.600. The molecule has 1 rings (SSSR count). The first-order chi connectivity index (χ1) is 7.19. The highest BCUT2D eigenvalue weighted by Crippen LogP contribution is 2.18. The van der Waals surface area contributed by atoms with E-state index >= 15 is 0 Å². The molecule has 5 nitrogen and oxygen atoms in total. The SMILES string of the molecule is CCOCCN1CC(C(=O)OC)CC1=O. The monoisotopic (exact) mass is 215 g/mol. The molecule has 0 aromatic rings. The van der Waals surface area contributed by atoms with E-state index in [1.165, 1.54) is 7.11 Å². The van der Waals surface area contributed by atoms with Crippen LogP contribution in [0.25, 0.3) is 0 Å². The van der Waals surface area contributed by atoms with Crippen LogP contribution >= 0.6 is 0 Å². The van der Waals surface area contributed by atoms with E-state index in [1.807, 2.05) is 6.92 Å². The summed E-state index contributed by atoms with van der Waals surface area (Å²) in [6.45, 7) is 4.08. The normalized spacial score (nSPS) is 20.8. The summed E-state index contributed by atoms with van der Waals surface area (Å²) in [5.41, 5.74) is 0. The Morgan fingerprint density at radius 1 is 1.60 bits per heavy atom. The van der Waals surface area contributed by atoms with Crippen LogP contribution in [0.15, 0.2) is 0 Å². The van der Waals surface area contributed by atoms with Crippen molar-refractivity contribution in [2.45, 2.75) is 13.3 Å². The second kappa shape index (κ2) is 5.70. The first kappa shape index (κ1) is 12.0. The zero-order chi connectivity index (χ0) is 11.3. The molecule has 0 aromatic carbocycles. The minimum absolute atomic E-state index is 0.00473. The third-order valence-corrected chi connectivity index (χ3v) is 2.46. The molecule has 1 aliphatic rings. The minimum atomic E-state index is -0.303. The summed E-state index contributed by atoms with van der Waals surface area (Å²) in [6.07, 6.45) is 0.263. The molecular weight excluding hydrogens is 198 g/mol. The lowest BCUT2D eigenvalue weighted by molar-refractivity contribution is -0.145. The molecule has 15 heavy (non-hydrogen) atoms. The molecule has 1 unspecified atom stereocenters. The van der Waals surface area contributed by atoms with Crippen molar-refractivity contribution in [1.82, 2.24) is 4.90 Å². The quantitative estimate of drug-likeness (QED) is 0.480. The van der Waals surface area contributed by atoms with Gasteiger partial charge in [0.1, 0.15) is 0 Å². The van der Waals surface area contributed by atoms with E-state index in [-0.39, 0.29) is 24.2 Å². The van der Waals surface area contributed by atoms with Crippen LogP contribution in [0.5, 0.6) is 0 Å². The van der Waals surface area contributed by atoms with Gasteiger partial charge in [0.2, 0.25) is 5.91 Å². The van der Waals surface area contributed by atoms with Crippen molar-refractivity contribution in [2.24, 2.45) is 5.92 Å². The molecule has 1 heterocycles. The first-order valence-electron chi connectivity index (χ1n) is 5.12. The van der Waals surface area contributed by atoms with Crippen LogP contribution < -0.4 is 0 Å². The van der Waals surface area contributed by atoms with Crippen molar-refractivity contribution in [2.75, 3.05) is 33.4 Å². The lowest BCUT2D eigenvalue weighted by Crippen LogP contribution is -2.30. The highest BCUT2D eigenvalue weighted by atomic mass is 16.5. The maximum atomic E-state index is 11.5. The van der Waals surface area contributed by atoms with E-state index in [4.69, 9.17) is 4.74 Å². The number of esters is 1. The van der Waals surface area contributed by atoms with Crippen molar-refractivity contribution >= 4 is 11.9 Å². The third kappa shape index (κ3) is 3.20. The van der Waals surface area contributed by atoms with E-state index in [1.54, 1.807) is 4.90 Å². The fourth-order valence-electron chi connectivity index (χ4n) is 1.63. The van der Waals surface area contributed by atoms with Gasteiger partial charge in [-0.3, -0.25) is 9.59 Å². The average molecular weight is 215 g/mol. The molecule has 0 radical (unpaired) electrons. The molecule has 0 spiro atoms. The lowest BCUT2D eigenvalue weighted by Gasteiger charge is -2.15. The smallest absolute Gasteiger partial charge is 0.310 e. The maximum absolute atomic E-state index is 11.5. The Morgan fingerprint density at radius 3 is 2.93 bits per heavy atom. The topological polar surface area (TPSA) is 55.8 Å². The second-order valence-electron chi connectivity index (χ2n) is 3.46. The van der Waals surface area contributed by atoms with Crippen molar-refractivity contribution < 1.29 is 19.1 Å². The molecule has 0 bridgehead atoms. The zero-order valence-corrected chi connectivity index (χ0v) is 9.19. The molecule has 1 fully saturated rings. The van der Waals surface area contributed by atoms with Crippen molar-refractivity contribution in [3.05, 3.63) is 0 Å². The van der Waals surface area contributed by atoms with Crippen LogP contribution in [-0.4, -0.2) is 50.2 Å². The number of ether oxygens (including phenoxy) is 2. The van der Waals surface area contributed by atoms with Gasteiger partial charge in [0.25, 0.3) is 0 Å². The molecule has 0 saturated carbocycles. The molecule has 1 atom stereocenters. The van der Waals surface area contributed by atoms with Crippen molar-refractivity contribution in [1.29, 1.82) is 0 Å². The van der Waals surface area contributed by atoms with Gasteiger partial charge >= 0.3 is 5.97 Å². The predicted octanol–water partition coefficient (Wildman–Crippen LogP) is 0.0444. The summed E-state index contributed by atoms with van der Waals surface area (Å²) < 4.78 is 9.76. The Labute approximate surface area is 89.3 Å². The number of rotatable bonds is 5. The molecule has 1 aliphatic heterocycles. The standard InChI is InChI=1S/C10H17NO4/c1-3-15-5-4-11-7-8(6-9(11)12)10(13)14-2/h8H,3-7H2,1-2H3. The van der Waals surface area contributed by atoms with Crippen molar-refractivity contribution in [3.8, 4) is 0 Å². The van der Waals surface area contributed by atoms with Gasteiger partial charge in [0, 0.05) is 26.1 Å². The van der Waals surface area contributed by atoms with Gasteiger partial charge in [-0.1, -0.05) is 0 Å². The van der Waals surface area contributed by atoms with E-state index in [2.05, 4.69) is 4.74 Å². The number of carbonyl (C=O) groups is 2. The fourth-order valence-corrected chi connectivity index (χ4v) is 1.63. The molecule has 0 aromatic heterocycles. The van der Waals surface area contributed by atoms with Gasteiger partial charge in [-0.25, -0.2) is 0 Å². The minimum Gasteiger partial charge on any atom is -0.469 e. The fraction of sp³-hybridized carbons (Fsp3) is 0.800. The largest absolute Gasteiger partial charge is 0.469 e.